The molecule has 0 amide bonds. The minimum Gasteiger partial charge on any atom is -0.388 e. The molecule has 6 heteroatoms. The minimum atomic E-state index is -0.353. The second kappa shape index (κ2) is 6.58. The van der Waals surface area contributed by atoms with Crippen LogP contribution in [-0.2, 0) is 6.54 Å². The number of nitrogens with one attached hydrogen (secondary N) is 1. The van der Waals surface area contributed by atoms with E-state index >= 15 is 0 Å². The average molecular weight is 305 g/mol. The average Bonchev–Trinajstić information content (AvgIpc) is 2.96. The van der Waals surface area contributed by atoms with Crippen LogP contribution in [-0.4, -0.2) is 18.0 Å². The minimum absolute atomic E-state index is 0.105. The van der Waals surface area contributed by atoms with Gasteiger partial charge in [0.1, 0.15) is 0 Å². The van der Waals surface area contributed by atoms with Crippen molar-refractivity contribution in [2.75, 3.05) is 17.3 Å². The number of thiophene rings is 1. The molecule has 5 nitrogen and oxygen atoms in total. The Bertz CT molecular complexity index is 611. The van der Waals surface area contributed by atoms with Crippen LogP contribution in [0.4, 0.5) is 17.1 Å². The van der Waals surface area contributed by atoms with Gasteiger partial charge in [-0.3, -0.25) is 10.1 Å². The van der Waals surface area contributed by atoms with Crippen molar-refractivity contribution in [1.82, 2.24) is 0 Å². The van der Waals surface area contributed by atoms with Crippen LogP contribution in [0.2, 0.25) is 0 Å². The summed E-state index contributed by atoms with van der Waals surface area (Å²) in [6.07, 6.45) is 0. The predicted octanol–water partition coefficient (Wildman–Crippen LogP) is 4.11. The van der Waals surface area contributed by atoms with E-state index in [1.165, 1.54) is 4.88 Å². The Kier molecular flexibility index (Phi) is 4.80. The molecule has 1 aromatic heterocycles. The third kappa shape index (κ3) is 3.72. The number of nitro benzene ring substituents is 1. The second-order valence-electron chi connectivity index (χ2n) is 5.05. The molecule has 0 spiro atoms. The maximum Gasteiger partial charge on any atom is 0.273 e. The van der Waals surface area contributed by atoms with E-state index in [9.17, 15) is 10.1 Å². The van der Waals surface area contributed by atoms with Gasteiger partial charge in [0.05, 0.1) is 11.5 Å². The Morgan fingerprint density at radius 2 is 2.14 bits per heavy atom. The highest BCUT2D eigenvalue weighted by Crippen LogP contribution is 2.29. The lowest BCUT2D eigenvalue weighted by Gasteiger charge is -2.28. The van der Waals surface area contributed by atoms with Crippen molar-refractivity contribution in [1.29, 1.82) is 0 Å². The van der Waals surface area contributed by atoms with E-state index in [0.29, 0.717) is 0 Å². The topological polar surface area (TPSA) is 58.4 Å². The molecule has 0 unspecified atom stereocenters. The largest absolute Gasteiger partial charge is 0.388 e. The predicted molar refractivity (Wildman–Crippen MR) is 88.3 cm³/mol. The molecule has 112 valence electrons. The second-order valence-corrected chi connectivity index (χ2v) is 6.08. The van der Waals surface area contributed by atoms with Crippen molar-refractivity contribution in [3.05, 3.63) is 50.7 Å². The van der Waals surface area contributed by atoms with E-state index in [4.69, 9.17) is 0 Å². The molecule has 1 aromatic carbocycles. The third-order valence-electron chi connectivity index (χ3n) is 3.26. The summed E-state index contributed by atoms with van der Waals surface area (Å²) in [5, 5.41) is 16.1. The van der Waals surface area contributed by atoms with Gasteiger partial charge in [0.25, 0.3) is 5.69 Å². The van der Waals surface area contributed by atoms with Crippen LogP contribution in [0.1, 0.15) is 18.7 Å². The lowest BCUT2D eigenvalue weighted by atomic mass is 10.2. The van der Waals surface area contributed by atoms with Crippen LogP contribution in [0.15, 0.2) is 35.7 Å². The van der Waals surface area contributed by atoms with E-state index in [1.807, 2.05) is 17.5 Å². The van der Waals surface area contributed by atoms with Gasteiger partial charge in [-0.1, -0.05) is 6.07 Å². The molecule has 1 heterocycles. The molecule has 2 aromatic rings. The molecule has 0 atom stereocenters. The fourth-order valence-electron chi connectivity index (χ4n) is 2.15. The molecular weight excluding hydrogens is 286 g/mol. The summed E-state index contributed by atoms with van der Waals surface area (Å²) >= 11 is 1.69. The first-order chi connectivity index (χ1) is 10.0. The molecule has 0 aliphatic rings. The van der Waals surface area contributed by atoms with Crippen molar-refractivity contribution >= 4 is 28.4 Å². The first-order valence-corrected chi connectivity index (χ1v) is 7.65. The van der Waals surface area contributed by atoms with E-state index in [2.05, 4.69) is 30.1 Å². The summed E-state index contributed by atoms with van der Waals surface area (Å²) in [5.41, 5.74) is 1.71. The van der Waals surface area contributed by atoms with Crippen molar-refractivity contribution in [2.24, 2.45) is 0 Å². The summed E-state index contributed by atoms with van der Waals surface area (Å²) in [6, 6.07) is 9.47. The molecule has 0 fully saturated rings. The Morgan fingerprint density at radius 1 is 1.38 bits per heavy atom. The first-order valence-electron chi connectivity index (χ1n) is 6.77. The molecule has 0 saturated carbocycles. The third-order valence-corrected chi connectivity index (χ3v) is 4.12. The van der Waals surface area contributed by atoms with Crippen molar-refractivity contribution in [3.8, 4) is 0 Å². The van der Waals surface area contributed by atoms with Crippen LogP contribution in [0, 0.1) is 10.1 Å². The van der Waals surface area contributed by atoms with Gasteiger partial charge in [0, 0.05) is 41.5 Å². The number of anilines is 2. The van der Waals surface area contributed by atoms with Crippen molar-refractivity contribution in [2.45, 2.75) is 26.4 Å². The van der Waals surface area contributed by atoms with Gasteiger partial charge < -0.3 is 10.2 Å². The Balaban J connectivity index is 2.39. The van der Waals surface area contributed by atoms with E-state index in [-0.39, 0.29) is 16.7 Å². The number of nitrogens with zero attached hydrogens (tertiary/aromatic N) is 2. The number of hydrogen-bond acceptors (Lipinski definition) is 5. The van der Waals surface area contributed by atoms with Crippen LogP contribution < -0.4 is 10.2 Å². The molecular formula is C15H19N3O2S. The van der Waals surface area contributed by atoms with Crippen molar-refractivity contribution in [3.63, 3.8) is 0 Å². The number of non-ortho nitro benzene ring substituents is 1. The van der Waals surface area contributed by atoms with Crippen LogP contribution >= 0.6 is 11.3 Å². The van der Waals surface area contributed by atoms with Crippen LogP contribution in [0.3, 0.4) is 0 Å². The fourth-order valence-corrected chi connectivity index (χ4v) is 2.86. The standard InChI is InChI=1S/C15H19N3O2S/c1-11(2)17(10-15-5-4-6-21-15)13-7-12(16-3)8-14(9-13)18(19)20/h4-9,11,16H,10H2,1-3H3. The molecule has 2 rings (SSSR count). The summed E-state index contributed by atoms with van der Waals surface area (Å²) < 4.78 is 0. The highest BCUT2D eigenvalue weighted by molar-refractivity contribution is 7.09. The van der Waals surface area contributed by atoms with Gasteiger partial charge >= 0.3 is 0 Å². The normalized spacial score (nSPS) is 10.7. The molecule has 0 saturated heterocycles. The quantitative estimate of drug-likeness (QED) is 0.644. The smallest absolute Gasteiger partial charge is 0.273 e. The molecule has 0 bridgehead atoms. The zero-order chi connectivity index (χ0) is 15.4. The maximum absolute atomic E-state index is 11.1. The van der Waals surface area contributed by atoms with Gasteiger partial charge in [0.2, 0.25) is 0 Å². The Morgan fingerprint density at radius 3 is 2.67 bits per heavy atom. The molecule has 0 aliphatic heterocycles. The van der Waals surface area contributed by atoms with Gasteiger partial charge in [-0.2, -0.15) is 0 Å². The highest BCUT2D eigenvalue weighted by atomic mass is 32.1. The zero-order valence-corrected chi connectivity index (χ0v) is 13.2. The molecule has 0 aliphatic carbocycles. The maximum atomic E-state index is 11.1. The summed E-state index contributed by atoms with van der Waals surface area (Å²) in [5.74, 6) is 0. The molecule has 1 N–H and O–H groups in total. The lowest BCUT2D eigenvalue weighted by Crippen LogP contribution is -2.29. The summed E-state index contributed by atoms with van der Waals surface area (Å²) in [4.78, 5) is 14.1. The van der Waals surface area contributed by atoms with E-state index in [1.54, 1.807) is 30.5 Å². The lowest BCUT2D eigenvalue weighted by molar-refractivity contribution is -0.384. The van der Waals surface area contributed by atoms with Crippen molar-refractivity contribution < 1.29 is 4.92 Å². The molecule has 21 heavy (non-hydrogen) atoms. The van der Waals surface area contributed by atoms with Gasteiger partial charge in [-0.05, 0) is 31.4 Å². The number of hydrogen-bond donors (Lipinski definition) is 1. The number of nitro groups is 1. The van der Waals surface area contributed by atoms with Crippen LogP contribution in [0.5, 0.6) is 0 Å². The molecule has 0 radical (unpaired) electrons. The first kappa shape index (κ1) is 15.3. The summed E-state index contributed by atoms with van der Waals surface area (Å²) in [7, 11) is 1.77. The van der Waals surface area contributed by atoms with E-state index in [0.717, 1.165) is 17.9 Å². The Hall–Kier alpha value is -2.08. The van der Waals surface area contributed by atoms with Gasteiger partial charge in [0.15, 0.2) is 0 Å². The Labute approximate surface area is 128 Å². The van der Waals surface area contributed by atoms with E-state index < -0.39 is 0 Å². The number of benzene rings is 1. The monoisotopic (exact) mass is 305 g/mol. The van der Waals surface area contributed by atoms with Crippen LogP contribution in [0.25, 0.3) is 0 Å². The summed E-state index contributed by atoms with van der Waals surface area (Å²) in [6.45, 7) is 4.93. The SMILES string of the molecule is CNc1cc(N(Cc2cccs2)C(C)C)cc([N+](=O)[O-])c1. The number of rotatable bonds is 6. The highest BCUT2D eigenvalue weighted by Gasteiger charge is 2.17. The van der Waals surface area contributed by atoms with Gasteiger partial charge in [-0.25, -0.2) is 0 Å². The van der Waals surface area contributed by atoms with Gasteiger partial charge in [-0.15, -0.1) is 11.3 Å². The zero-order valence-electron chi connectivity index (χ0n) is 12.4. The fraction of sp³-hybridized carbons (Fsp3) is 0.333.